The fourth-order valence-corrected chi connectivity index (χ4v) is 2.47. The zero-order valence-corrected chi connectivity index (χ0v) is 12.8. The number of thioether (sulfide) groups is 1. The fraction of sp³-hybridized carbons (Fsp3) is 0.467. The Bertz CT molecular complexity index is 487. The van der Waals surface area contributed by atoms with E-state index in [4.69, 9.17) is 0 Å². The number of amides is 1. The van der Waals surface area contributed by atoms with Crippen molar-refractivity contribution in [2.45, 2.75) is 44.6 Å². The summed E-state index contributed by atoms with van der Waals surface area (Å²) in [5.74, 6) is -0.559. The van der Waals surface area contributed by atoms with Crippen LogP contribution in [0.2, 0.25) is 0 Å². The van der Waals surface area contributed by atoms with Gasteiger partial charge in [-0.05, 0) is 31.9 Å². The van der Waals surface area contributed by atoms with Gasteiger partial charge in [0.2, 0.25) is 5.91 Å². The smallest absolute Gasteiger partial charge is 0.230 e. The van der Waals surface area contributed by atoms with Crippen molar-refractivity contribution in [2.75, 3.05) is 5.75 Å². The van der Waals surface area contributed by atoms with Gasteiger partial charge in [0, 0.05) is 16.5 Å². The Morgan fingerprint density at radius 3 is 2.45 bits per heavy atom. The summed E-state index contributed by atoms with van der Waals surface area (Å²) < 4.78 is 13.8. The monoisotopic (exact) mass is 297 g/mol. The second kappa shape index (κ2) is 8.04. The van der Waals surface area contributed by atoms with E-state index >= 15 is 0 Å². The summed E-state index contributed by atoms with van der Waals surface area (Å²) >= 11 is 1.14. The van der Waals surface area contributed by atoms with Crippen LogP contribution in [0.4, 0.5) is 4.39 Å². The molecule has 0 aliphatic heterocycles. The van der Waals surface area contributed by atoms with Gasteiger partial charge in [0.1, 0.15) is 5.82 Å². The lowest BCUT2D eigenvalue weighted by Crippen LogP contribution is -2.35. The highest BCUT2D eigenvalue weighted by atomic mass is 32.2. The molecule has 0 saturated carbocycles. The molecule has 0 heterocycles. The molecule has 0 fully saturated rings. The summed E-state index contributed by atoms with van der Waals surface area (Å²) in [6, 6.07) is 4.50. The van der Waals surface area contributed by atoms with Gasteiger partial charge in [-0.3, -0.25) is 9.59 Å². The third-order valence-corrected chi connectivity index (χ3v) is 4.10. The Hall–Kier alpha value is -1.36. The minimum atomic E-state index is -0.460. The number of nitrogens with one attached hydrogen (secondary N) is 1. The van der Waals surface area contributed by atoms with E-state index in [1.807, 2.05) is 13.8 Å². The Morgan fingerprint density at radius 1 is 1.30 bits per heavy atom. The van der Waals surface area contributed by atoms with Crippen molar-refractivity contribution in [3.8, 4) is 0 Å². The van der Waals surface area contributed by atoms with Gasteiger partial charge in [0.25, 0.3) is 0 Å². The molecule has 1 rings (SSSR count). The number of Topliss-reactive ketones (excluding diaryl/α,β-unsaturated/α-hetero) is 1. The molecule has 20 heavy (non-hydrogen) atoms. The number of carbonyl (C=O) groups excluding carboxylic acids is 2. The molecule has 3 nitrogen and oxygen atoms in total. The molecule has 1 amide bonds. The van der Waals surface area contributed by atoms with E-state index in [0.717, 1.165) is 24.6 Å². The minimum absolute atomic E-state index is 0.0984. The predicted molar refractivity (Wildman–Crippen MR) is 79.6 cm³/mol. The average Bonchev–Trinajstić information content (AvgIpc) is 2.43. The van der Waals surface area contributed by atoms with Crippen LogP contribution in [0.25, 0.3) is 0 Å². The van der Waals surface area contributed by atoms with Crippen LogP contribution in [0.3, 0.4) is 0 Å². The molecule has 1 aromatic carbocycles. The molecule has 0 saturated heterocycles. The highest BCUT2D eigenvalue weighted by Gasteiger charge is 2.11. The number of hydrogen-bond donors (Lipinski definition) is 1. The van der Waals surface area contributed by atoms with Crippen molar-refractivity contribution in [1.29, 1.82) is 0 Å². The largest absolute Gasteiger partial charge is 0.353 e. The van der Waals surface area contributed by atoms with Gasteiger partial charge in [-0.15, -0.1) is 11.8 Å². The number of hydrogen-bond acceptors (Lipinski definition) is 3. The summed E-state index contributed by atoms with van der Waals surface area (Å²) in [7, 11) is 0. The standard InChI is InChI=1S/C15H20FNO2S/c1-4-12(5-2)17-15(19)9-20-14-7-6-11(10(3)18)8-13(14)16/h6-8,12H,4-5,9H2,1-3H3,(H,17,19). The summed E-state index contributed by atoms with van der Waals surface area (Å²) in [4.78, 5) is 23.2. The zero-order chi connectivity index (χ0) is 15.1. The van der Waals surface area contributed by atoms with Crippen LogP contribution in [0.15, 0.2) is 23.1 Å². The lowest BCUT2D eigenvalue weighted by Gasteiger charge is -2.14. The van der Waals surface area contributed by atoms with Crippen molar-refractivity contribution in [3.05, 3.63) is 29.6 Å². The lowest BCUT2D eigenvalue weighted by molar-refractivity contribution is -0.119. The topological polar surface area (TPSA) is 46.2 Å². The molecule has 0 aliphatic rings. The van der Waals surface area contributed by atoms with Gasteiger partial charge in [0.05, 0.1) is 5.75 Å². The van der Waals surface area contributed by atoms with Crippen LogP contribution in [-0.2, 0) is 4.79 Å². The number of benzene rings is 1. The van der Waals surface area contributed by atoms with E-state index in [1.54, 1.807) is 12.1 Å². The first-order valence-electron chi connectivity index (χ1n) is 6.70. The van der Waals surface area contributed by atoms with Crippen LogP contribution in [-0.4, -0.2) is 23.5 Å². The molecule has 0 aromatic heterocycles. The molecule has 0 aliphatic carbocycles. The Morgan fingerprint density at radius 2 is 1.95 bits per heavy atom. The van der Waals surface area contributed by atoms with Crippen molar-refractivity contribution < 1.29 is 14.0 Å². The van der Waals surface area contributed by atoms with Crippen LogP contribution in [0, 0.1) is 5.82 Å². The van der Waals surface area contributed by atoms with Crippen molar-refractivity contribution in [3.63, 3.8) is 0 Å². The summed E-state index contributed by atoms with van der Waals surface area (Å²) in [5.41, 5.74) is 0.341. The Kier molecular flexibility index (Phi) is 6.71. The van der Waals surface area contributed by atoms with Gasteiger partial charge >= 0.3 is 0 Å². The highest BCUT2D eigenvalue weighted by Crippen LogP contribution is 2.22. The number of rotatable bonds is 7. The first-order valence-corrected chi connectivity index (χ1v) is 7.69. The van der Waals surface area contributed by atoms with Gasteiger partial charge in [0.15, 0.2) is 5.78 Å². The van der Waals surface area contributed by atoms with Gasteiger partial charge in [-0.1, -0.05) is 19.9 Å². The lowest BCUT2D eigenvalue weighted by atomic mass is 10.1. The average molecular weight is 297 g/mol. The predicted octanol–water partition coefficient (Wildman–Crippen LogP) is 3.43. The highest BCUT2D eigenvalue weighted by molar-refractivity contribution is 8.00. The molecule has 0 radical (unpaired) electrons. The normalized spacial score (nSPS) is 10.7. The molecule has 0 atom stereocenters. The van der Waals surface area contributed by atoms with Gasteiger partial charge < -0.3 is 5.32 Å². The third-order valence-electron chi connectivity index (χ3n) is 3.05. The van der Waals surface area contributed by atoms with Gasteiger partial charge in [-0.2, -0.15) is 0 Å². The SMILES string of the molecule is CCC(CC)NC(=O)CSc1ccc(C(C)=O)cc1F. The number of carbonyl (C=O) groups is 2. The van der Waals surface area contributed by atoms with E-state index in [-0.39, 0.29) is 23.5 Å². The minimum Gasteiger partial charge on any atom is -0.353 e. The quantitative estimate of drug-likeness (QED) is 0.619. The van der Waals surface area contributed by atoms with Crippen molar-refractivity contribution in [2.24, 2.45) is 0 Å². The molecular formula is C15H20FNO2S. The Balaban J connectivity index is 2.57. The second-order valence-corrected chi connectivity index (χ2v) is 5.59. The van der Waals surface area contributed by atoms with E-state index < -0.39 is 5.82 Å². The molecule has 0 unspecified atom stereocenters. The summed E-state index contributed by atoms with van der Waals surface area (Å²) in [6.45, 7) is 5.42. The van der Waals surface area contributed by atoms with Gasteiger partial charge in [-0.25, -0.2) is 4.39 Å². The molecule has 0 spiro atoms. The van der Waals surface area contributed by atoms with Crippen LogP contribution in [0.1, 0.15) is 44.0 Å². The maximum atomic E-state index is 13.8. The maximum Gasteiger partial charge on any atom is 0.230 e. The molecule has 1 N–H and O–H groups in total. The molecule has 5 heteroatoms. The van der Waals surface area contributed by atoms with Crippen LogP contribution in [0.5, 0.6) is 0 Å². The first-order chi connectivity index (χ1) is 9.47. The van der Waals surface area contributed by atoms with Crippen LogP contribution < -0.4 is 5.32 Å². The summed E-state index contributed by atoms with van der Waals surface area (Å²) in [5, 5.41) is 2.90. The van der Waals surface area contributed by atoms with Crippen molar-refractivity contribution in [1.82, 2.24) is 5.32 Å². The number of halogens is 1. The Labute approximate surface area is 123 Å². The molecule has 110 valence electrons. The maximum absolute atomic E-state index is 13.8. The van der Waals surface area contributed by atoms with E-state index in [0.29, 0.717) is 10.5 Å². The van der Waals surface area contributed by atoms with E-state index in [1.165, 1.54) is 13.0 Å². The third kappa shape index (κ3) is 4.96. The molecule has 1 aromatic rings. The first kappa shape index (κ1) is 16.7. The van der Waals surface area contributed by atoms with E-state index in [2.05, 4.69) is 5.32 Å². The van der Waals surface area contributed by atoms with Crippen molar-refractivity contribution >= 4 is 23.5 Å². The van der Waals surface area contributed by atoms with E-state index in [9.17, 15) is 14.0 Å². The van der Waals surface area contributed by atoms with Crippen LogP contribution >= 0.6 is 11.8 Å². The second-order valence-electron chi connectivity index (χ2n) is 4.57. The number of ketones is 1. The molecule has 0 bridgehead atoms. The zero-order valence-electron chi connectivity index (χ0n) is 12.0. The molecular weight excluding hydrogens is 277 g/mol. The fourth-order valence-electron chi connectivity index (χ4n) is 1.74. The summed E-state index contributed by atoms with van der Waals surface area (Å²) in [6.07, 6.45) is 1.77.